The molecule has 108 valence electrons. The SMILES string of the molecule is C=CCN1CC[C@]2(C)c3cc(O)ccc3C[C@@H]1[C@@H]2CC. The topological polar surface area (TPSA) is 23.5 Å². The molecular formula is C18H25NO. The van der Waals surface area contributed by atoms with E-state index in [2.05, 4.69) is 31.4 Å². The predicted octanol–water partition coefficient (Wildman–Crippen LogP) is 3.49. The third-order valence-corrected chi connectivity index (χ3v) is 5.61. The number of hydrogen-bond donors (Lipinski definition) is 1. The Morgan fingerprint density at radius 1 is 1.50 bits per heavy atom. The highest BCUT2D eigenvalue weighted by Crippen LogP contribution is 2.50. The van der Waals surface area contributed by atoms with E-state index in [1.54, 1.807) is 0 Å². The Hall–Kier alpha value is -1.28. The van der Waals surface area contributed by atoms with Crippen LogP contribution in [0.15, 0.2) is 30.9 Å². The summed E-state index contributed by atoms with van der Waals surface area (Å²) in [7, 11) is 0. The van der Waals surface area contributed by atoms with Gasteiger partial charge >= 0.3 is 0 Å². The Labute approximate surface area is 122 Å². The summed E-state index contributed by atoms with van der Waals surface area (Å²) in [5.74, 6) is 1.08. The van der Waals surface area contributed by atoms with Crippen molar-refractivity contribution < 1.29 is 5.11 Å². The molecule has 2 heteroatoms. The van der Waals surface area contributed by atoms with Crippen LogP contribution in [-0.2, 0) is 11.8 Å². The molecule has 1 N–H and O–H groups in total. The fraction of sp³-hybridized carbons (Fsp3) is 0.556. The first-order chi connectivity index (χ1) is 9.60. The van der Waals surface area contributed by atoms with Gasteiger partial charge in [0.05, 0.1) is 0 Å². The monoisotopic (exact) mass is 271 g/mol. The molecule has 1 aromatic rings. The van der Waals surface area contributed by atoms with Gasteiger partial charge in [-0.25, -0.2) is 0 Å². The maximum absolute atomic E-state index is 9.87. The van der Waals surface area contributed by atoms with E-state index in [0.717, 1.165) is 19.5 Å². The molecule has 3 atom stereocenters. The smallest absolute Gasteiger partial charge is 0.115 e. The van der Waals surface area contributed by atoms with Gasteiger partial charge in [0.1, 0.15) is 5.75 Å². The fourth-order valence-electron chi connectivity index (χ4n) is 4.63. The van der Waals surface area contributed by atoms with Gasteiger partial charge in [-0.3, -0.25) is 4.90 Å². The molecule has 2 nitrogen and oxygen atoms in total. The van der Waals surface area contributed by atoms with Crippen LogP contribution in [0.5, 0.6) is 5.75 Å². The first kappa shape index (κ1) is 13.7. The number of benzene rings is 1. The van der Waals surface area contributed by atoms with Crippen molar-refractivity contribution in [1.29, 1.82) is 0 Å². The lowest BCUT2D eigenvalue weighted by Crippen LogP contribution is -2.58. The summed E-state index contributed by atoms with van der Waals surface area (Å²) in [6.45, 7) is 10.7. The number of fused-ring (bicyclic) bond motifs is 4. The molecule has 0 spiro atoms. The van der Waals surface area contributed by atoms with Crippen molar-refractivity contribution in [2.45, 2.75) is 44.6 Å². The quantitative estimate of drug-likeness (QED) is 0.851. The van der Waals surface area contributed by atoms with Crippen LogP contribution < -0.4 is 0 Å². The number of nitrogens with zero attached hydrogens (tertiary/aromatic N) is 1. The highest BCUT2D eigenvalue weighted by atomic mass is 16.3. The van der Waals surface area contributed by atoms with Crippen LogP contribution in [0, 0.1) is 5.92 Å². The lowest BCUT2D eigenvalue weighted by molar-refractivity contribution is 0.0276. The zero-order valence-corrected chi connectivity index (χ0v) is 12.6. The van der Waals surface area contributed by atoms with Crippen LogP contribution in [0.25, 0.3) is 0 Å². The molecule has 3 rings (SSSR count). The van der Waals surface area contributed by atoms with Gasteiger partial charge in [0.15, 0.2) is 0 Å². The van der Waals surface area contributed by atoms with Crippen molar-refractivity contribution in [3.63, 3.8) is 0 Å². The summed E-state index contributed by atoms with van der Waals surface area (Å²) in [6, 6.07) is 6.59. The van der Waals surface area contributed by atoms with E-state index in [1.807, 2.05) is 18.2 Å². The zero-order valence-electron chi connectivity index (χ0n) is 12.6. The average molecular weight is 271 g/mol. The second-order valence-electron chi connectivity index (χ2n) is 6.58. The van der Waals surface area contributed by atoms with E-state index < -0.39 is 0 Å². The maximum atomic E-state index is 9.87. The number of piperidine rings is 1. The van der Waals surface area contributed by atoms with Gasteiger partial charge in [-0.05, 0) is 54.0 Å². The molecule has 0 radical (unpaired) electrons. The van der Waals surface area contributed by atoms with Crippen LogP contribution >= 0.6 is 0 Å². The lowest BCUT2D eigenvalue weighted by Gasteiger charge is -2.55. The van der Waals surface area contributed by atoms with Crippen LogP contribution in [0.3, 0.4) is 0 Å². The number of aromatic hydroxyl groups is 1. The molecule has 1 aliphatic carbocycles. The van der Waals surface area contributed by atoms with Gasteiger partial charge in [0.2, 0.25) is 0 Å². The van der Waals surface area contributed by atoms with Crippen molar-refractivity contribution in [2.24, 2.45) is 5.92 Å². The van der Waals surface area contributed by atoms with Crippen LogP contribution in [-0.4, -0.2) is 29.1 Å². The minimum absolute atomic E-state index is 0.212. The third-order valence-electron chi connectivity index (χ3n) is 5.61. The van der Waals surface area contributed by atoms with Gasteiger partial charge in [-0.1, -0.05) is 32.4 Å². The van der Waals surface area contributed by atoms with Crippen molar-refractivity contribution in [3.05, 3.63) is 42.0 Å². The Balaban J connectivity index is 2.08. The van der Waals surface area contributed by atoms with E-state index in [4.69, 9.17) is 0 Å². The van der Waals surface area contributed by atoms with Crippen molar-refractivity contribution in [1.82, 2.24) is 4.90 Å². The lowest BCUT2D eigenvalue weighted by atomic mass is 9.57. The molecule has 0 saturated carbocycles. The van der Waals surface area contributed by atoms with Crippen LogP contribution in [0.1, 0.15) is 37.8 Å². The van der Waals surface area contributed by atoms with E-state index in [9.17, 15) is 5.11 Å². The Morgan fingerprint density at radius 3 is 3.00 bits per heavy atom. The molecule has 2 bridgehead atoms. The average Bonchev–Trinajstić information content (AvgIpc) is 2.43. The second kappa shape index (κ2) is 4.92. The molecule has 0 amide bonds. The molecule has 1 fully saturated rings. The Bertz CT molecular complexity index is 524. The van der Waals surface area contributed by atoms with E-state index in [0.29, 0.717) is 17.7 Å². The Morgan fingerprint density at radius 2 is 2.30 bits per heavy atom. The zero-order chi connectivity index (χ0) is 14.3. The molecule has 0 unspecified atom stereocenters. The number of hydrogen-bond acceptors (Lipinski definition) is 2. The number of phenolic OH excluding ortho intramolecular Hbond substituents is 1. The van der Waals surface area contributed by atoms with Gasteiger partial charge in [-0.2, -0.15) is 0 Å². The summed E-state index contributed by atoms with van der Waals surface area (Å²) in [5, 5.41) is 9.87. The largest absolute Gasteiger partial charge is 0.508 e. The first-order valence-corrected chi connectivity index (χ1v) is 7.77. The summed E-state index contributed by atoms with van der Waals surface area (Å²) >= 11 is 0. The van der Waals surface area contributed by atoms with Gasteiger partial charge < -0.3 is 5.11 Å². The van der Waals surface area contributed by atoms with Crippen LogP contribution in [0.2, 0.25) is 0 Å². The van der Waals surface area contributed by atoms with Gasteiger partial charge in [0, 0.05) is 12.6 Å². The van der Waals surface area contributed by atoms with Gasteiger partial charge in [-0.15, -0.1) is 6.58 Å². The number of phenols is 1. The number of rotatable bonds is 3. The maximum Gasteiger partial charge on any atom is 0.115 e. The van der Waals surface area contributed by atoms with Crippen molar-refractivity contribution in [2.75, 3.05) is 13.1 Å². The van der Waals surface area contributed by atoms with Crippen LogP contribution in [0.4, 0.5) is 0 Å². The summed E-state index contributed by atoms with van der Waals surface area (Å²) in [5.41, 5.74) is 3.02. The fourth-order valence-corrected chi connectivity index (χ4v) is 4.63. The molecule has 20 heavy (non-hydrogen) atoms. The minimum Gasteiger partial charge on any atom is -0.508 e. The molecule has 0 aromatic heterocycles. The standard InChI is InChI=1S/C18H25NO/c1-4-9-19-10-8-18(3)15(5-2)17(19)11-13-6-7-14(20)12-16(13)18/h4,6-7,12,15,17,20H,1,5,8-11H2,2-3H3/t15-,17+,18-/m0/s1. The summed E-state index contributed by atoms with van der Waals surface area (Å²) < 4.78 is 0. The molecule has 1 aromatic carbocycles. The predicted molar refractivity (Wildman–Crippen MR) is 83.1 cm³/mol. The van der Waals surface area contributed by atoms with Crippen molar-refractivity contribution >= 4 is 0 Å². The summed E-state index contributed by atoms with van der Waals surface area (Å²) in [6.07, 6.45) is 5.51. The normalized spacial score (nSPS) is 32.7. The molecular weight excluding hydrogens is 246 g/mol. The van der Waals surface area contributed by atoms with E-state index in [1.165, 1.54) is 24.0 Å². The highest BCUT2D eigenvalue weighted by molar-refractivity contribution is 5.44. The van der Waals surface area contributed by atoms with E-state index in [-0.39, 0.29) is 5.41 Å². The van der Waals surface area contributed by atoms with Gasteiger partial charge in [0.25, 0.3) is 0 Å². The Kier molecular flexibility index (Phi) is 3.37. The molecule has 1 saturated heterocycles. The summed E-state index contributed by atoms with van der Waals surface area (Å²) in [4.78, 5) is 2.60. The molecule has 1 aliphatic heterocycles. The third kappa shape index (κ3) is 1.89. The number of likely N-dealkylation sites (tertiary alicyclic amines) is 1. The van der Waals surface area contributed by atoms with E-state index >= 15 is 0 Å². The second-order valence-corrected chi connectivity index (χ2v) is 6.58. The minimum atomic E-state index is 0.212. The molecule has 1 heterocycles. The first-order valence-electron chi connectivity index (χ1n) is 7.77. The molecule has 2 aliphatic rings. The van der Waals surface area contributed by atoms with Crippen molar-refractivity contribution in [3.8, 4) is 5.75 Å². The highest BCUT2D eigenvalue weighted by Gasteiger charge is 2.49.